The summed E-state index contributed by atoms with van der Waals surface area (Å²) in [6.07, 6.45) is 1.29. The Hall–Kier alpha value is -2.01. The molecule has 0 aliphatic heterocycles. The number of benzene rings is 1. The SMILES string of the molecule is [C-]#[N+]c1cccc(-c2cnc(C(=O)[O-])o2)c1.[Li+]. The fourth-order valence-electron chi connectivity index (χ4n) is 1.23. The normalized spacial score (nSPS) is 9.12. The third kappa shape index (κ3) is 2.76. The van der Waals surface area contributed by atoms with Crippen LogP contribution in [0.5, 0.6) is 0 Å². The molecule has 1 aromatic carbocycles. The van der Waals surface area contributed by atoms with Crippen molar-refractivity contribution in [3.63, 3.8) is 0 Å². The van der Waals surface area contributed by atoms with Crippen molar-refractivity contribution in [3.8, 4) is 11.3 Å². The molecule has 0 radical (unpaired) electrons. The molecular weight excluding hydrogens is 215 g/mol. The van der Waals surface area contributed by atoms with E-state index >= 15 is 0 Å². The molecular formula is C11H5LiN2O3. The van der Waals surface area contributed by atoms with Crippen LogP contribution in [0.15, 0.2) is 34.9 Å². The van der Waals surface area contributed by atoms with Gasteiger partial charge in [-0.1, -0.05) is 18.2 Å². The maximum atomic E-state index is 10.5. The van der Waals surface area contributed by atoms with Gasteiger partial charge < -0.3 is 14.3 Å². The van der Waals surface area contributed by atoms with Crippen LogP contribution in [0, 0.1) is 6.57 Å². The van der Waals surface area contributed by atoms with Gasteiger partial charge in [0.2, 0.25) is 5.89 Å². The summed E-state index contributed by atoms with van der Waals surface area (Å²) >= 11 is 0. The molecule has 0 N–H and O–H groups in total. The van der Waals surface area contributed by atoms with Gasteiger partial charge in [-0.25, -0.2) is 9.83 Å². The van der Waals surface area contributed by atoms with Gasteiger partial charge in [0.05, 0.1) is 12.8 Å². The van der Waals surface area contributed by atoms with E-state index in [2.05, 4.69) is 9.83 Å². The molecule has 78 valence electrons. The predicted molar refractivity (Wildman–Crippen MR) is 52.5 cm³/mol. The van der Waals surface area contributed by atoms with Crippen LogP contribution in [-0.4, -0.2) is 11.0 Å². The summed E-state index contributed by atoms with van der Waals surface area (Å²) in [6.45, 7) is 6.85. The van der Waals surface area contributed by atoms with Gasteiger partial charge in [0.25, 0.3) is 0 Å². The quantitative estimate of drug-likeness (QED) is 0.445. The molecule has 0 aliphatic carbocycles. The molecule has 0 unspecified atom stereocenters. The van der Waals surface area contributed by atoms with Gasteiger partial charge in [-0.2, -0.15) is 0 Å². The van der Waals surface area contributed by atoms with Gasteiger partial charge in [-0.15, -0.1) is 0 Å². The molecule has 1 heterocycles. The van der Waals surface area contributed by atoms with E-state index in [0.717, 1.165) is 0 Å². The van der Waals surface area contributed by atoms with E-state index < -0.39 is 11.9 Å². The van der Waals surface area contributed by atoms with Crippen molar-refractivity contribution in [1.29, 1.82) is 0 Å². The zero-order valence-corrected chi connectivity index (χ0v) is 9.01. The van der Waals surface area contributed by atoms with Gasteiger partial charge in [-0.3, -0.25) is 0 Å². The Morgan fingerprint density at radius 2 is 2.24 bits per heavy atom. The molecule has 1 aromatic heterocycles. The van der Waals surface area contributed by atoms with E-state index in [1.807, 2.05) is 0 Å². The summed E-state index contributed by atoms with van der Waals surface area (Å²) in [5.74, 6) is -1.64. The standard InChI is InChI=1S/C11H6N2O3.Li/c1-12-8-4-2-3-7(5-8)9-6-13-10(16-9)11(14)15;/h2-6H,(H,14,15);/q;+1/p-1. The number of aromatic nitrogens is 1. The van der Waals surface area contributed by atoms with Crippen molar-refractivity contribution in [1.82, 2.24) is 4.98 Å². The molecule has 2 aromatic rings. The van der Waals surface area contributed by atoms with Crippen molar-refractivity contribution in [2.45, 2.75) is 0 Å². The Bertz CT molecular complexity index is 586. The zero-order valence-electron chi connectivity index (χ0n) is 9.01. The van der Waals surface area contributed by atoms with E-state index in [-0.39, 0.29) is 18.9 Å². The average Bonchev–Trinajstić information content (AvgIpc) is 2.78. The van der Waals surface area contributed by atoms with Crippen LogP contribution >= 0.6 is 0 Å². The number of aromatic carboxylic acids is 1. The molecule has 0 spiro atoms. The van der Waals surface area contributed by atoms with Crippen LogP contribution in [-0.2, 0) is 0 Å². The van der Waals surface area contributed by atoms with Gasteiger partial charge in [0.15, 0.2) is 11.4 Å². The minimum Gasteiger partial charge on any atom is -0.540 e. The van der Waals surface area contributed by atoms with E-state index in [1.165, 1.54) is 6.20 Å². The van der Waals surface area contributed by atoms with E-state index in [1.54, 1.807) is 24.3 Å². The van der Waals surface area contributed by atoms with Crippen molar-refractivity contribution >= 4 is 11.7 Å². The molecule has 2 rings (SSSR count). The summed E-state index contributed by atoms with van der Waals surface area (Å²) in [7, 11) is 0. The topological polar surface area (TPSA) is 70.5 Å². The van der Waals surface area contributed by atoms with Crippen molar-refractivity contribution in [2.24, 2.45) is 0 Å². The fraction of sp³-hybridized carbons (Fsp3) is 0. The second-order valence-electron chi connectivity index (χ2n) is 2.98. The number of carboxylic acid groups (broad SMARTS) is 1. The van der Waals surface area contributed by atoms with Crippen LogP contribution in [0.3, 0.4) is 0 Å². The molecule has 5 nitrogen and oxygen atoms in total. The predicted octanol–water partition coefficient (Wildman–Crippen LogP) is -1.74. The van der Waals surface area contributed by atoms with Crippen molar-refractivity contribution in [2.75, 3.05) is 0 Å². The molecule has 0 atom stereocenters. The Balaban J connectivity index is 0.00000144. The first kappa shape index (κ1) is 13.1. The summed E-state index contributed by atoms with van der Waals surface area (Å²) in [5.41, 5.74) is 1.05. The van der Waals surface area contributed by atoms with Crippen molar-refractivity contribution in [3.05, 3.63) is 47.8 Å². The van der Waals surface area contributed by atoms with Gasteiger partial charge >= 0.3 is 18.9 Å². The maximum Gasteiger partial charge on any atom is 1.00 e. The summed E-state index contributed by atoms with van der Waals surface area (Å²) in [5, 5.41) is 10.5. The Kier molecular flexibility index (Phi) is 4.11. The van der Waals surface area contributed by atoms with E-state index in [4.69, 9.17) is 11.0 Å². The second kappa shape index (κ2) is 5.36. The van der Waals surface area contributed by atoms with Crippen molar-refractivity contribution < 1.29 is 33.2 Å². The maximum absolute atomic E-state index is 10.5. The monoisotopic (exact) mass is 220 g/mol. The fourth-order valence-corrected chi connectivity index (χ4v) is 1.23. The average molecular weight is 220 g/mol. The first-order valence-corrected chi connectivity index (χ1v) is 4.36. The third-order valence-corrected chi connectivity index (χ3v) is 1.94. The molecule has 0 fully saturated rings. The van der Waals surface area contributed by atoms with Gasteiger partial charge in [0.1, 0.15) is 5.97 Å². The molecule has 0 saturated heterocycles. The Labute approximate surface area is 109 Å². The second-order valence-corrected chi connectivity index (χ2v) is 2.98. The smallest absolute Gasteiger partial charge is 0.540 e. The van der Waals surface area contributed by atoms with Crippen LogP contribution in [0.25, 0.3) is 16.2 Å². The summed E-state index contributed by atoms with van der Waals surface area (Å²) < 4.78 is 4.95. The van der Waals surface area contributed by atoms with Crippen LogP contribution in [0.4, 0.5) is 5.69 Å². The summed E-state index contributed by atoms with van der Waals surface area (Å²) in [4.78, 5) is 17.3. The van der Waals surface area contributed by atoms with Gasteiger partial charge in [-0.05, 0) is 6.07 Å². The Morgan fingerprint density at radius 1 is 1.47 bits per heavy atom. The van der Waals surface area contributed by atoms with E-state index in [0.29, 0.717) is 17.0 Å². The number of hydrogen-bond acceptors (Lipinski definition) is 4. The molecule has 17 heavy (non-hydrogen) atoms. The van der Waals surface area contributed by atoms with Crippen LogP contribution in [0.2, 0.25) is 0 Å². The first-order valence-electron chi connectivity index (χ1n) is 4.36. The number of carbonyl (C=O) groups is 1. The number of nitrogens with zero attached hydrogens (tertiary/aromatic N) is 2. The van der Waals surface area contributed by atoms with Gasteiger partial charge in [0, 0.05) is 5.56 Å². The number of oxazole rings is 1. The van der Waals surface area contributed by atoms with Crippen LogP contribution in [0.1, 0.15) is 10.7 Å². The molecule has 0 bridgehead atoms. The number of carboxylic acids is 1. The molecule has 0 aliphatic rings. The number of rotatable bonds is 2. The first-order chi connectivity index (χ1) is 7.70. The third-order valence-electron chi connectivity index (χ3n) is 1.94. The number of hydrogen-bond donors (Lipinski definition) is 0. The molecule has 6 heteroatoms. The van der Waals surface area contributed by atoms with E-state index in [9.17, 15) is 9.90 Å². The molecule has 0 saturated carbocycles. The summed E-state index contributed by atoms with van der Waals surface area (Å²) in [6, 6.07) is 6.62. The van der Waals surface area contributed by atoms with Crippen LogP contribution < -0.4 is 24.0 Å². The zero-order chi connectivity index (χ0) is 11.5. The minimum atomic E-state index is -1.47. The number of carbonyl (C=O) groups excluding carboxylic acids is 1. The largest absolute Gasteiger partial charge is 1.00 e. The molecule has 0 amide bonds. The minimum absolute atomic E-state index is 0. The Morgan fingerprint density at radius 3 is 2.82 bits per heavy atom.